The van der Waals surface area contributed by atoms with Gasteiger partial charge in [-0.05, 0) is 43.2 Å². The topological polar surface area (TPSA) is 55.8 Å². The first-order chi connectivity index (χ1) is 15.9. The van der Waals surface area contributed by atoms with Gasteiger partial charge in [0.25, 0.3) is 5.91 Å². The zero-order valence-electron chi connectivity index (χ0n) is 18.5. The lowest BCUT2D eigenvalue weighted by molar-refractivity contribution is 0.0687. The number of nitrogens with zero attached hydrogens (tertiary/aromatic N) is 1. The van der Waals surface area contributed by atoms with Gasteiger partial charge in [0.05, 0.1) is 35.9 Å². The van der Waals surface area contributed by atoms with Gasteiger partial charge >= 0.3 is 0 Å². The van der Waals surface area contributed by atoms with Crippen LogP contribution in [-0.4, -0.2) is 37.4 Å². The van der Waals surface area contributed by atoms with Crippen molar-refractivity contribution in [2.24, 2.45) is 0 Å². The van der Waals surface area contributed by atoms with E-state index in [0.717, 1.165) is 11.1 Å². The molecule has 170 valence electrons. The van der Waals surface area contributed by atoms with Crippen molar-refractivity contribution in [1.29, 1.82) is 0 Å². The summed E-state index contributed by atoms with van der Waals surface area (Å²) in [4.78, 5) is 27.9. The third-order valence-electron chi connectivity index (χ3n) is 5.98. The molecule has 0 radical (unpaired) electrons. The van der Waals surface area contributed by atoms with Crippen molar-refractivity contribution in [3.05, 3.63) is 92.5 Å². The van der Waals surface area contributed by atoms with Gasteiger partial charge in [0.1, 0.15) is 11.5 Å². The summed E-state index contributed by atoms with van der Waals surface area (Å²) in [6, 6.07) is 15.3. The van der Waals surface area contributed by atoms with Gasteiger partial charge in [-0.1, -0.05) is 53.5 Å². The van der Waals surface area contributed by atoms with Gasteiger partial charge in [0.15, 0.2) is 5.78 Å². The predicted octanol–water partition coefficient (Wildman–Crippen LogP) is 6.00. The van der Waals surface area contributed by atoms with Gasteiger partial charge in [-0.25, -0.2) is 0 Å². The molecule has 1 unspecified atom stereocenters. The van der Waals surface area contributed by atoms with Crippen molar-refractivity contribution in [3.63, 3.8) is 0 Å². The Balaban J connectivity index is 1.97. The van der Waals surface area contributed by atoms with Gasteiger partial charge in [-0.2, -0.15) is 0 Å². The van der Waals surface area contributed by atoms with E-state index in [1.807, 2.05) is 18.2 Å². The van der Waals surface area contributed by atoms with Crippen LogP contribution in [0.3, 0.4) is 0 Å². The van der Waals surface area contributed by atoms with Gasteiger partial charge < -0.3 is 14.4 Å². The molecule has 0 saturated carbocycles. The second-order valence-corrected chi connectivity index (χ2v) is 8.54. The van der Waals surface area contributed by atoms with Crippen LogP contribution < -0.4 is 9.47 Å². The number of rotatable bonds is 5. The Hall–Kier alpha value is -3.02. The number of ether oxygens (including phenoxy) is 2. The van der Waals surface area contributed by atoms with E-state index < -0.39 is 6.04 Å². The SMILES string of the molecule is COc1ccc(OC)c2c1CCN(C(=O)c1ccccc1C(C)=O)C2c1cccc(Cl)c1Cl. The van der Waals surface area contributed by atoms with Crippen LogP contribution in [0.15, 0.2) is 54.6 Å². The lowest BCUT2D eigenvalue weighted by atomic mass is 9.86. The monoisotopic (exact) mass is 483 g/mol. The number of carbonyl (C=O) groups is 2. The van der Waals surface area contributed by atoms with Crippen molar-refractivity contribution >= 4 is 34.9 Å². The number of amides is 1. The summed E-state index contributed by atoms with van der Waals surface area (Å²) >= 11 is 13.0. The zero-order chi connectivity index (χ0) is 23.7. The fourth-order valence-electron chi connectivity index (χ4n) is 4.47. The van der Waals surface area contributed by atoms with Crippen molar-refractivity contribution < 1.29 is 19.1 Å². The standard InChI is InChI=1S/C26H23Cl2NO4/c1-15(30)16-7-4-5-8-17(16)26(31)29-14-13-18-21(32-2)11-12-22(33-3)23(18)25(29)19-9-6-10-20(27)24(19)28/h4-12,25H,13-14H2,1-3H3. The van der Waals surface area contributed by atoms with Gasteiger partial charge in [-0.3, -0.25) is 9.59 Å². The molecule has 4 rings (SSSR count). The third kappa shape index (κ3) is 4.07. The highest BCUT2D eigenvalue weighted by atomic mass is 35.5. The molecule has 0 spiro atoms. The Morgan fingerprint density at radius 3 is 2.24 bits per heavy atom. The van der Waals surface area contributed by atoms with Gasteiger partial charge in [0, 0.05) is 23.2 Å². The Morgan fingerprint density at radius 2 is 1.58 bits per heavy atom. The van der Waals surface area contributed by atoms with Crippen molar-refractivity contribution in [2.45, 2.75) is 19.4 Å². The maximum atomic E-state index is 13.9. The molecule has 3 aromatic carbocycles. The molecule has 1 heterocycles. The summed E-state index contributed by atoms with van der Waals surface area (Å²) in [5, 5.41) is 0.749. The number of ketones is 1. The molecule has 1 aliphatic rings. The first-order valence-electron chi connectivity index (χ1n) is 10.5. The molecule has 0 saturated heterocycles. The highest BCUT2D eigenvalue weighted by Gasteiger charge is 2.38. The fourth-order valence-corrected chi connectivity index (χ4v) is 4.88. The average molecular weight is 484 g/mol. The van der Waals surface area contributed by atoms with E-state index in [9.17, 15) is 9.59 Å². The largest absolute Gasteiger partial charge is 0.496 e. The minimum atomic E-state index is -0.586. The Labute approximate surface area is 202 Å². The lowest BCUT2D eigenvalue weighted by Gasteiger charge is -2.39. The average Bonchev–Trinajstić information content (AvgIpc) is 2.84. The minimum absolute atomic E-state index is 0.173. The number of methoxy groups -OCH3 is 2. The molecule has 1 atom stereocenters. The Bertz CT molecular complexity index is 1240. The molecular formula is C26H23Cl2NO4. The molecular weight excluding hydrogens is 461 g/mol. The van der Waals surface area contributed by atoms with E-state index in [2.05, 4.69) is 0 Å². The molecule has 7 heteroatoms. The van der Waals surface area contributed by atoms with Crippen molar-refractivity contribution in [1.82, 2.24) is 4.90 Å². The first kappa shape index (κ1) is 23.1. The third-order valence-corrected chi connectivity index (χ3v) is 6.81. The summed E-state index contributed by atoms with van der Waals surface area (Å²) in [7, 11) is 3.20. The summed E-state index contributed by atoms with van der Waals surface area (Å²) in [5.74, 6) is 0.889. The molecule has 0 fully saturated rings. The van der Waals surface area contributed by atoms with Crippen LogP contribution in [0.1, 0.15) is 50.4 Å². The number of hydrogen-bond donors (Lipinski definition) is 0. The number of Topliss-reactive ketones (excluding diaryl/α,β-unsaturated/α-hetero) is 1. The summed E-state index contributed by atoms with van der Waals surface area (Å²) in [6.07, 6.45) is 0.554. The van der Waals surface area contributed by atoms with E-state index in [1.54, 1.807) is 55.5 Å². The maximum Gasteiger partial charge on any atom is 0.255 e. The molecule has 3 aromatic rings. The summed E-state index contributed by atoms with van der Waals surface area (Å²) in [5.41, 5.74) is 3.13. The van der Waals surface area contributed by atoms with Crippen LogP contribution in [0.5, 0.6) is 11.5 Å². The van der Waals surface area contributed by atoms with Gasteiger partial charge in [0.2, 0.25) is 0 Å². The lowest BCUT2D eigenvalue weighted by Crippen LogP contribution is -2.41. The molecule has 5 nitrogen and oxygen atoms in total. The van der Waals surface area contributed by atoms with E-state index in [4.69, 9.17) is 32.7 Å². The van der Waals surface area contributed by atoms with Gasteiger partial charge in [-0.15, -0.1) is 0 Å². The fraction of sp³-hybridized carbons (Fsp3) is 0.231. The molecule has 33 heavy (non-hydrogen) atoms. The number of hydrogen-bond acceptors (Lipinski definition) is 4. The van der Waals surface area contributed by atoms with Crippen LogP contribution in [-0.2, 0) is 6.42 Å². The van der Waals surface area contributed by atoms with E-state index in [1.165, 1.54) is 6.92 Å². The van der Waals surface area contributed by atoms with Crippen LogP contribution in [0.2, 0.25) is 10.0 Å². The molecule has 0 aromatic heterocycles. The van der Waals surface area contributed by atoms with Crippen LogP contribution in [0, 0.1) is 0 Å². The molecule has 0 aliphatic carbocycles. The van der Waals surface area contributed by atoms with E-state index in [-0.39, 0.29) is 11.7 Å². The number of benzene rings is 3. The van der Waals surface area contributed by atoms with Crippen molar-refractivity contribution in [2.75, 3.05) is 20.8 Å². The zero-order valence-corrected chi connectivity index (χ0v) is 20.0. The quantitative estimate of drug-likeness (QED) is 0.417. The first-order valence-corrected chi connectivity index (χ1v) is 11.2. The van der Waals surface area contributed by atoms with E-state index >= 15 is 0 Å². The minimum Gasteiger partial charge on any atom is -0.496 e. The number of carbonyl (C=O) groups excluding carboxylic acids is 2. The smallest absolute Gasteiger partial charge is 0.255 e. The number of halogens is 2. The van der Waals surface area contributed by atoms with E-state index in [0.29, 0.717) is 51.2 Å². The molecule has 0 N–H and O–H groups in total. The van der Waals surface area contributed by atoms with Crippen LogP contribution in [0.4, 0.5) is 0 Å². The predicted molar refractivity (Wildman–Crippen MR) is 129 cm³/mol. The molecule has 1 aliphatic heterocycles. The Morgan fingerprint density at radius 1 is 0.909 bits per heavy atom. The second-order valence-electron chi connectivity index (χ2n) is 7.76. The highest BCUT2D eigenvalue weighted by Crippen LogP contribution is 2.47. The van der Waals surface area contributed by atoms with Crippen LogP contribution >= 0.6 is 23.2 Å². The van der Waals surface area contributed by atoms with Crippen LogP contribution in [0.25, 0.3) is 0 Å². The maximum absolute atomic E-state index is 13.9. The Kier molecular flexibility index (Phi) is 6.63. The second kappa shape index (κ2) is 9.46. The normalized spacial score (nSPS) is 15.1. The molecule has 0 bridgehead atoms. The molecule has 1 amide bonds. The highest BCUT2D eigenvalue weighted by molar-refractivity contribution is 6.42. The number of fused-ring (bicyclic) bond motifs is 1. The summed E-state index contributed by atoms with van der Waals surface area (Å²) < 4.78 is 11.3. The summed E-state index contributed by atoms with van der Waals surface area (Å²) in [6.45, 7) is 1.85. The van der Waals surface area contributed by atoms with Crippen molar-refractivity contribution in [3.8, 4) is 11.5 Å².